The van der Waals surface area contributed by atoms with Crippen molar-refractivity contribution < 1.29 is 4.74 Å². The number of methoxy groups -OCH3 is 1. The Kier molecular flexibility index (Phi) is 7.20. The second-order valence-electron chi connectivity index (χ2n) is 4.93. The molecule has 0 fully saturated rings. The van der Waals surface area contributed by atoms with Gasteiger partial charge in [-0.25, -0.2) is 0 Å². The summed E-state index contributed by atoms with van der Waals surface area (Å²) in [5.74, 6) is 0.782. The summed E-state index contributed by atoms with van der Waals surface area (Å²) in [4.78, 5) is 0. The number of hydrogen-bond donors (Lipinski definition) is 1. The summed E-state index contributed by atoms with van der Waals surface area (Å²) < 4.78 is 5.01. The van der Waals surface area contributed by atoms with Crippen molar-refractivity contribution in [1.29, 1.82) is 0 Å². The standard InChI is InChI=1S/C12H27NO/c1-6-12(4,9-11(2)3)10-13-7-8-14-5/h11,13H,6-10H2,1-5H3. The summed E-state index contributed by atoms with van der Waals surface area (Å²) in [5, 5.41) is 3.46. The molecule has 0 radical (unpaired) electrons. The van der Waals surface area contributed by atoms with Crippen LogP contribution in [0.5, 0.6) is 0 Å². The van der Waals surface area contributed by atoms with E-state index in [4.69, 9.17) is 4.74 Å². The average molecular weight is 201 g/mol. The van der Waals surface area contributed by atoms with Gasteiger partial charge in [-0.3, -0.25) is 0 Å². The molecule has 0 aromatic carbocycles. The highest BCUT2D eigenvalue weighted by molar-refractivity contribution is 4.76. The third-order valence-corrected chi connectivity index (χ3v) is 2.79. The molecule has 2 nitrogen and oxygen atoms in total. The molecule has 0 aromatic rings. The molecular formula is C12H27NO. The minimum Gasteiger partial charge on any atom is -0.383 e. The quantitative estimate of drug-likeness (QED) is 0.610. The van der Waals surface area contributed by atoms with Crippen molar-refractivity contribution in [3.05, 3.63) is 0 Å². The van der Waals surface area contributed by atoms with Crippen LogP contribution in [0, 0.1) is 11.3 Å². The number of nitrogens with one attached hydrogen (secondary N) is 1. The van der Waals surface area contributed by atoms with E-state index in [1.807, 2.05) is 0 Å². The zero-order valence-electron chi connectivity index (χ0n) is 10.5. The molecule has 1 atom stereocenters. The third-order valence-electron chi connectivity index (χ3n) is 2.79. The molecule has 0 bridgehead atoms. The van der Waals surface area contributed by atoms with Crippen LogP contribution >= 0.6 is 0 Å². The van der Waals surface area contributed by atoms with E-state index in [-0.39, 0.29) is 0 Å². The number of hydrogen-bond acceptors (Lipinski definition) is 2. The highest BCUT2D eigenvalue weighted by atomic mass is 16.5. The molecule has 86 valence electrons. The third kappa shape index (κ3) is 6.39. The molecule has 14 heavy (non-hydrogen) atoms. The molecule has 0 aliphatic heterocycles. The summed E-state index contributed by atoms with van der Waals surface area (Å²) in [5.41, 5.74) is 0.446. The summed E-state index contributed by atoms with van der Waals surface area (Å²) in [6.07, 6.45) is 2.54. The van der Waals surface area contributed by atoms with Crippen LogP contribution in [0.1, 0.15) is 40.5 Å². The Morgan fingerprint density at radius 2 is 2.00 bits per heavy atom. The zero-order chi connectivity index (χ0) is 11.0. The number of rotatable bonds is 8. The highest BCUT2D eigenvalue weighted by Gasteiger charge is 2.22. The normalized spacial score (nSPS) is 15.9. The van der Waals surface area contributed by atoms with Gasteiger partial charge in [-0.05, 0) is 24.2 Å². The van der Waals surface area contributed by atoms with Crippen LogP contribution in [0.4, 0.5) is 0 Å². The predicted molar refractivity (Wildman–Crippen MR) is 62.6 cm³/mol. The van der Waals surface area contributed by atoms with E-state index >= 15 is 0 Å². The molecule has 1 N–H and O–H groups in total. The Morgan fingerprint density at radius 1 is 1.36 bits per heavy atom. The lowest BCUT2D eigenvalue weighted by Crippen LogP contribution is -2.34. The molecule has 0 rings (SSSR count). The van der Waals surface area contributed by atoms with Gasteiger partial charge in [-0.2, -0.15) is 0 Å². The van der Waals surface area contributed by atoms with E-state index in [2.05, 4.69) is 33.0 Å². The van der Waals surface area contributed by atoms with Crippen LogP contribution in [0.25, 0.3) is 0 Å². The maximum atomic E-state index is 5.01. The fourth-order valence-electron chi connectivity index (χ4n) is 1.89. The van der Waals surface area contributed by atoms with Gasteiger partial charge in [0.2, 0.25) is 0 Å². The van der Waals surface area contributed by atoms with Gasteiger partial charge in [0.15, 0.2) is 0 Å². The van der Waals surface area contributed by atoms with E-state index in [1.165, 1.54) is 12.8 Å². The molecule has 0 saturated carbocycles. The van der Waals surface area contributed by atoms with Gasteiger partial charge >= 0.3 is 0 Å². The molecule has 1 unspecified atom stereocenters. The van der Waals surface area contributed by atoms with Crippen molar-refractivity contribution in [2.45, 2.75) is 40.5 Å². The molecule has 0 aliphatic carbocycles. The Morgan fingerprint density at radius 3 is 2.43 bits per heavy atom. The Balaban J connectivity index is 3.75. The molecule has 0 saturated heterocycles. The van der Waals surface area contributed by atoms with Gasteiger partial charge in [0.05, 0.1) is 6.61 Å². The first kappa shape index (κ1) is 13.9. The first-order chi connectivity index (χ1) is 6.54. The second kappa shape index (κ2) is 7.24. The molecule has 0 aromatic heterocycles. The maximum Gasteiger partial charge on any atom is 0.0587 e. The van der Waals surface area contributed by atoms with Crippen molar-refractivity contribution >= 4 is 0 Å². The number of ether oxygens (including phenoxy) is 1. The summed E-state index contributed by atoms with van der Waals surface area (Å²) in [6, 6.07) is 0. The van der Waals surface area contributed by atoms with Gasteiger partial charge in [-0.15, -0.1) is 0 Å². The molecule has 0 spiro atoms. The van der Waals surface area contributed by atoms with Crippen molar-refractivity contribution in [3.63, 3.8) is 0 Å². The van der Waals surface area contributed by atoms with Gasteiger partial charge in [-0.1, -0.05) is 27.7 Å². The van der Waals surface area contributed by atoms with Crippen LogP contribution in [-0.4, -0.2) is 26.8 Å². The van der Waals surface area contributed by atoms with Gasteiger partial charge in [0.25, 0.3) is 0 Å². The predicted octanol–water partition coefficient (Wildman–Crippen LogP) is 2.68. The largest absolute Gasteiger partial charge is 0.383 e. The lowest BCUT2D eigenvalue weighted by Gasteiger charge is -2.30. The fraction of sp³-hybridized carbons (Fsp3) is 1.00. The second-order valence-corrected chi connectivity index (χ2v) is 4.93. The van der Waals surface area contributed by atoms with Crippen molar-refractivity contribution in [2.75, 3.05) is 26.8 Å². The molecule has 0 aliphatic rings. The van der Waals surface area contributed by atoms with Crippen LogP contribution in [0.15, 0.2) is 0 Å². The van der Waals surface area contributed by atoms with E-state index in [9.17, 15) is 0 Å². The van der Waals surface area contributed by atoms with E-state index in [0.29, 0.717) is 5.41 Å². The average Bonchev–Trinajstić information content (AvgIpc) is 2.11. The molecular weight excluding hydrogens is 174 g/mol. The maximum absolute atomic E-state index is 5.01. The van der Waals surface area contributed by atoms with Gasteiger partial charge in [0.1, 0.15) is 0 Å². The van der Waals surface area contributed by atoms with E-state index < -0.39 is 0 Å². The SMILES string of the molecule is CCC(C)(CNCCOC)CC(C)C. The van der Waals surface area contributed by atoms with Crippen molar-refractivity contribution in [1.82, 2.24) is 5.32 Å². The van der Waals surface area contributed by atoms with Crippen LogP contribution < -0.4 is 5.32 Å². The smallest absolute Gasteiger partial charge is 0.0587 e. The Labute approximate surface area is 89.4 Å². The first-order valence-electron chi connectivity index (χ1n) is 5.73. The monoisotopic (exact) mass is 201 g/mol. The van der Waals surface area contributed by atoms with Gasteiger partial charge in [0, 0.05) is 20.2 Å². The summed E-state index contributed by atoms with van der Waals surface area (Å²) in [7, 11) is 1.74. The lowest BCUT2D eigenvalue weighted by molar-refractivity contribution is 0.184. The van der Waals surface area contributed by atoms with Crippen LogP contribution in [0.2, 0.25) is 0 Å². The summed E-state index contributed by atoms with van der Waals surface area (Å²) in [6.45, 7) is 12.1. The Hall–Kier alpha value is -0.0800. The first-order valence-corrected chi connectivity index (χ1v) is 5.73. The van der Waals surface area contributed by atoms with Crippen molar-refractivity contribution in [3.8, 4) is 0 Å². The minimum absolute atomic E-state index is 0.446. The minimum atomic E-state index is 0.446. The molecule has 2 heteroatoms. The van der Waals surface area contributed by atoms with Gasteiger partial charge < -0.3 is 10.1 Å². The lowest BCUT2D eigenvalue weighted by atomic mass is 9.79. The molecule has 0 amide bonds. The zero-order valence-corrected chi connectivity index (χ0v) is 10.5. The van der Waals surface area contributed by atoms with Crippen LogP contribution in [0.3, 0.4) is 0 Å². The topological polar surface area (TPSA) is 21.3 Å². The fourth-order valence-corrected chi connectivity index (χ4v) is 1.89. The van der Waals surface area contributed by atoms with E-state index in [1.54, 1.807) is 7.11 Å². The highest BCUT2D eigenvalue weighted by Crippen LogP contribution is 2.28. The van der Waals surface area contributed by atoms with Crippen LogP contribution in [-0.2, 0) is 4.74 Å². The molecule has 0 heterocycles. The summed E-state index contributed by atoms with van der Waals surface area (Å²) >= 11 is 0. The Bertz CT molecular complexity index is 136. The van der Waals surface area contributed by atoms with Crippen molar-refractivity contribution in [2.24, 2.45) is 11.3 Å². The van der Waals surface area contributed by atoms with E-state index in [0.717, 1.165) is 25.6 Å².